The average Bonchev–Trinajstić information content (AvgIpc) is 3.78. The number of rotatable bonds is 10. The molecular formula is C37H44N4O2S. The number of hydrogen-bond acceptors (Lipinski definition) is 5. The van der Waals surface area contributed by atoms with E-state index in [9.17, 15) is 8.42 Å². The number of likely N-dealkylation sites (tertiary alicyclic amines) is 1. The van der Waals surface area contributed by atoms with Crippen LogP contribution in [0.3, 0.4) is 0 Å². The molecule has 1 aliphatic carbocycles. The van der Waals surface area contributed by atoms with Crippen LogP contribution in [0.25, 0.3) is 0 Å². The van der Waals surface area contributed by atoms with Crippen molar-refractivity contribution < 1.29 is 8.42 Å². The second-order valence-electron chi connectivity index (χ2n) is 13.3. The van der Waals surface area contributed by atoms with E-state index in [1.165, 1.54) is 57.2 Å². The van der Waals surface area contributed by atoms with Gasteiger partial charge in [-0.05, 0) is 92.6 Å². The van der Waals surface area contributed by atoms with Crippen LogP contribution in [0.4, 0.5) is 5.69 Å². The molecular weight excluding hydrogens is 565 g/mol. The zero-order valence-corrected chi connectivity index (χ0v) is 26.4. The van der Waals surface area contributed by atoms with E-state index in [1.54, 1.807) is 36.4 Å². The van der Waals surface area contributed by atoms with Crippen molar-refractivity contribution in [2.75, 3.05) is 37.6 Å². The van der Waals surface area contributed by atoms with Gasteiger partial charge >= 0.3 is 0 Å². The van der Waals surface area contributed by atoms with E-state index >= 15 is 0 Å². The predicted octanol–water partition coefficient (Wildman–Crippen LogP) is 6.69. The molecule has 1 atom stereocenters. The number of piperidine rings is 1. The zero-order chi connectivity index (χ0) is 30.0. The van der Waals surface area contributed by atoms with Crippen LogP contribution < -0.4 is 4.90 Å². The third kappa shape index (κ3) is 5.72. The summed E-state index contributed by atoms with van der Waals surface area (Å²) in [6.07, 6.45) is 14.0. The molecule has 0 radical (unpaired) electrons. The highest BCUT2D eigenvalue weighted by Crippen LogP contribution is 2.51. The molecule has 0 bridgehead atoms. The second kappa shape index (κ2) is 12.5. The summed E-state index contributed by atoms with van der Waals surface area (Å²) >= 11 is 0. The quantitative estimate of drug-likeness (QED) is 0.201. The lowest BCUT2D eigenvalue weighted by atomic mass is 9.59. The summed E-state index contributed by atoms with van der Waals surface area (Å²) in [4.78, 5) is 10.2. The van der Waals surface area contributed by atoms with Gasteiger partial charge in [0.15, 0.2) is 0 Å². The molecule has 7 heteroatoms. The number of benzene rings is 3. The van der Waals surface area contributed by atoms with E-state index in [0.717, 1.165) is 37.8 Å². The standard InChI is InChI=1S/C37H44N4O2S/c42-44(43,35-13-5-2-6-14-35)36-17-15-34(16-18-36)41-26-30(27-41)25-39-22-19-33(20-23-39)37(32-11-7-8-12-32,28-40-24-21-38-29-40)31-9-3-1-4-10-31/h1-6,9-10,13-18,21,24,29-30,32-33H,7-8,11-12,19-20,22-23,25-28H2. The van der Waals surface area contributed by atoms with E-state index in [-0.39, 0.29) is 5.41 Å². The van der Waals surface area contributed by atoms with Crippen molar-refractivity contribution in [2.45, 2.75) is 60.3 Å². The highest BCUT2D eigenvalue weighted by Gasteiger charge is 2.48. The maximum atomic E-state index is 13.0. The molecule has 3 aromatic carbocycles. The first-order chi connectivity index (χ1) is 21.5. The third-order valence-corrected chi connectivity index (χ3v) is 12.5. The van der Waals surface area contributed by atoms with Crippen molar-refractivity contribution in [3.8, 4) is 0 Å². The van der Waals surface area contributed by atoms with E-state index in [4.69, 9.17) is 0 Å². The van der Waals surface area contributed by atoms with Crippen LogP contribution in [0.2, 0.25) is 0 Å². The molecule has 2 saturated heterocycles. The molecule has 3 aliphatic rings. The summed E-state index contributed by atoms with van der Waals surface area (Å²) in [5, 5.41) is 0. The van der Waals surface area contributed by atoms with Crippen molar-refractivity contribution in [1.82, 2.24) is 14.5 Å². The Labute approximate surface area is 262 Å². The number of nitrogens with zero attached hydrogens (tertiary/aromatic N) is 4. The van der Waals surface area contributed by atoms with Gasteiger partial charge in [-0.2, -0.15) is 0 Å². The summed E-state index contributed by atoms with van der Waals surface area (Å²) in [5.41, 5.74) is 2.78. The first-order valence-electron chi connectivity index (χ1n) is 16.4. The Bertz CT molecular complexity index is 1590. The summed E-state index contributed by atoms with van der Waals surface area (Å²) in [6.45, 7) is 6.56. The summed E-state index contributed by atoms with van der Waals surface area (Å²) in [6, 6.07) is 27.5. The van der Waals surface area contributed by atoms with Gasteiger partial charge in [0.25, 0.3) is 0 Å². The third-order valence-electron chi connectivity index (χ3n) is 10.8. The highest BCUT2D eigenvalue weighted by molar-refractivity contribution is 7.91. The van der Waals surface area contributed by atoms with Gasteiger partial charge < -0.3 is 14.4 Å². The van der Waals surface area contributed by atoms with Gasteiger partial charge in [0.1, 0.15) is 0 Å². The van der Waals surface area contributed by atoms with Gasteiger partial charge in [0.05, 0.1) is 16.1 Å². The van der Waals surface area contributed by atoms with Crippen molar-refractivity contribution >= 4 is 15.5 Å². The Morgan fingerprint density at radius 1 is 0.750 bits per heavy atom. The number of sulfone groups is 1. The van der Waals surface area contributed by atoms with Crippen LogP contribution in [0, 0.1) is 17.8 Å². The van der Waals surface area contributed by atoms with Crippen molar-refractivity contribution in [3.63, 3.8) is 0 Å². The van der Waals surface area contributed by atoms with Gasteiger partial charge in [0, 0.05) is 55.6 Å². The molecule has 0 spiro atoms. The number of hydrogen-bond donors (Lipinski definition) is 0. The van der Waals surface area contributed by atoms with Crippen LogP contribution >= 0.6 is 0 Å². The number of imidazole rings is 1. The fourth-order valence-electron chi connectivity index (χ4n) is 8.49. The summed E-state index contributed by atoms with van der Waals surface area (Å²) in [5.74, 6) is 2.03. The van der Waals surface area contributed by atoms with Gasteiger partial charge in [0.2, 0.25) is 9.84 Å². The van der Waals surface area contributed by atoms with Crippen molar-refractivity contribution in [3.05, 3.63) is 109 Å². The van der Waals surface area contributed by atoms with Gasteiger partial charge in [-0.1, -0.05) is 61.4 Å². The largest absolute Gasteiger partial charge is 0.371 e. The van der Waals surface area contributed by atoms with Gasteiger partial charge in [-0.15, -0.1) is 0 Å². The molecule has 4 aromatic rings. The Hall–Kier alpha value is -3.42. The van der Waals surface area contributed by atoms with Crippen molar-refractivity contribution in [1.29, 1.82) is 0 Å². The molecule has 7 rings (SSSR count). The highest BCUT2D eigenvalue weighted by atomic mass is 32.2. The predicted molar refractivity (Wildman–Crippen MR) is 176 cm³/mol. The number of anilines is 1. The molecule has 1 saturated carbocycles. The maximum absolute atomic E-state index is 13.0. The topological polar surface area (TPSA) is 58.4 Å². The Morgan fingerprint density at radius 2 is 1.36 bits per heavy atom. The van der Waals surface area contributed by atoms with E-state index < -0.39 is 9.84 Å². The maximum Gasteiger partial charge on any atom is 0.206 e. The SMILES string of the molecule is O=S(=O)(c1ccccc1)c1ccc(N2CC(CN3CCC(C(Cn4ccnc4)(c4ccccc4)C4CCCC4)CC3)C2)cc1. The summed E-state index contributed by atoms with van der Waals surface area (Å²) in [7, 11) is -3.48. The van der Waals surface area contributed by atoms with Gasteiger partial charge in [-0.3, -0.25) is 0 Å². The van der Waals surface area contributed by atoms with Crippen molar-refractivity contribution in [2.24, 2.45) is 17.8 Å². The molecule has 230 valence electrons. The smallest absolute Gasteiger partial charge is 0.206 e. The van der Waals surface area contributed by atoms with Crippen LogP contribution in [-0.4, -0.2) is 55.6 Å². The van der Waals surface area contributed by atoms with Crippen LogP contribution in [0.5, 0.6) is 0 Å². The monoisotopic (exact) mass is 608 g/mol. The molecule has 1 aromatic heterocycles. The second-order valence-corrected chi connectivity index (χ2v) is 15.2. The van der Waals surface area contributed by atoms with E-state index in [2.05, 4.69) is 55.9 Å². The van der Waals surface area contributed by atoms with E-state index in [1.807, 2.05) is 30.7 Å². The Kier molecular flexibility index (Phi) is 8.34. The molecule has 2 aliphatic heterocycles. The zero-order valence-electron chi connectivity index (χ0n) is 25.5. The lowest BCUT2D eigenvalue weighted by Crippen LogP contribution is -2.54. The minimum absolute atomic E-state index is 0.151. The Balaban J connectivity index is 0.979. The Morgan fingerprint density at radius 3 is 2.00 bits per heavy atom. The molecule has 0 amide bonds. The fraction of sp³-hybridized carbons (Fsp3) is 0.432. The van der Waals surface area contributed by atoms with Crippen LogP contribution in [-0.2, 0) is 21.8 Å². The molecule has 3 heterocycles. The minimum Gasteiger partial charge on any atom is -0.371 e. The lowest BCUT2D eigenvalue weighted by molar-refractivity contribution is 0.0646. The molecule has 0 N–H and O–H groups in total. The molecule has 3 fully saturated rings. The molecule has 6 nitrogen and oxygen atoms in total. The first kappa shape index (κ1) is 29.3. The summed E-state index contributed by atoms with van der Waals surface area (Å²) < 4.78 is 28.3. The van der Waals surface area contributed by atoms with Crippen LogP contribution in [0.1, 0.15) is 44.1 Å². The van der Waals surface area contributed by atoms with Crippen LogP contribution in [0.15, 0.2) is 113 Å². The lowest BCUT2D eigenvalue weighted by Gasteiger charge is -2.50. The first-order valence-corrected chi connectivity index (χ1v) is 17.9. The molecule has 44 heavy (non-hydrogen) atoms. The fourth-order valence-corrected chi connectivity index (χ4v) is 9.77. The van der Waals surface area contributed by atoms with E-state index in [0.29, 0.717) is 21.6 Å². The normalized spacial score (nSPS) is 20.4. The average molecular weight is 609 g/mol. The number of aromatic nitrogens is 2. The van der Waals surface area contributed by atoms with Gasteiger partial charge in [-0.25, -0.2) is 13.4 Å². The molecule has 1 unspecified atom stereocenters. The minimum atomic E-state index is -3.48.